The smallest absolute Gasteiger partial charge is 0.317 e. The van der Waals surface area contributed by atoms with Gasteiger partial charge in [-0.2, -0.15) is 0 Å². The van der Waals surface area contributed by atoms with Gasteiger partial charge in [-0.05, 0) is 13.3 Å². The second-order valence-electron chi connectivity index (χ2n) is 3.32. The van der Waals surface area contributed by atoms with Crippen LogP contribution in [0.2, 0.25) is 0 Å². The second-order valence-corrected chi connectivity index (χ2v) is 4.49. The molecule has 0 aromatic carbocycles. The fourth-order valence-corrected chi connectivity index (χ4v) is 2.23. The van der Waals surface area contributed by atoms with Crippen LogP contribution in [0, 0.1) is 6.92 Å². The molecule has 3 N–H and O–H groups in total. The van der Waals surface area contributed by atoms with Crippen molar-refractivity contribution in [2.24, 2.45) is 5.73 Å². The monoisotopic (exact) mass is 244 g/mol. The molecular formula is C9H16N4O2S. The van der Waals surface area contributed by atoms with Gasteiger partial charge in [0.15, 0.2) is 5.16 Å². The molecule has 16 heavy (non-hydrogen) atoms. The Morgan fingerprint density at radius 2 is 2.31 bits per heavy atom. The molecule has 0 saturated carbocycles. The number of nitrogens with two attached hydrogens (primary N) is 1. The van der Waals surface area contributed by atoms with Crippen molar-refractivity contribution in [3.05, 3.63) is 5.82 Å². The number of thioether (sulfide) groups is 1. The van der Waals surface area contributed by atoms with E-state index in [-0.39, 0.29) is 0 Å². The minimum Gasteiger partial charge on any atom is -0.480 e. The molecule has 0 aliphatic carbocycles. The van der Waals surface area contributed by atoms with Gasteiger partial charge in [-0.1, -0.05) is 18.7 Å². The Labute approximate surface area is 98.2 Å². The Hall–Kier alpha value is -1.08. The van der Waals surface area contributed by atoms with Gasteiger partial charge in [0.2, 0.25) is 0 Å². The fourth-order valence-electron chi connectivity index (χ4n) is 1.27. The molecule has 90 valence electrons. The van der Waals surface area contributed by atoms with Crippen molar-refractivity contribution in [3.8, 4) is 0 Å². The Balaban J connectivity index is 2.83. The summed E-state index contributed by atoms with van der Waals surface area (Å²) < 4.78 is 1.84. The largest absolute Gasteiger partial charge is 0.480 e. The highest BCUT2D eigenvalue weighted by Crippen LogP contribution is 2.24. The van der Waals surface area contributed by atoms with Crippen LogP contribution in [-0.2, 0) is 11.3 Å². The van der Waals surface area contributed by atoms with Gasteiger partial charge in [0.05, 0.1) is 0 Å². The molecule has 0 saturated heterocycles. The predicted octanol–water partition coefficient (Wildman–Crippen LogP) is 0.501. The van der Waals surface area contributed by atoms with E-state index >= 15 is 0 Å². The van der Waals surface area contributed by atoms with Crippen molar-refractivity contribution in [2.45, 2.75) is 37.2 Å². The third-order valence-electron chi connectivity index (χ3n) is 2.15. The minimum absolute atomic E-state index is 0.482. The van der Waals surface area contributed by atoms with E-state index in [0.29, 0.717) is 24.7 Å². The zero-order valence-corrected chi connectivity index (χ0v) is 10.2. The van der Waals surface area contributed by atoms with Gasteiger partial charge in [0.25, 0.3) is 0 Å². The van der Waals surface area contributed by atoms with Crippen LogP contribution in [0.15, 0.2) is 5.16 Å². The first-order valence-corrected chi connectivity index (χ1v) is 5.97. The number of aromatic nitrogens is 3. The highest BCUT2D eigenvalue weighted by atomic mass is 32.2. The molecule has 0 bridgehead atoms. The number of nitrogens with zero attached hydrogens (tertiary/aromatic N) is 3. The van der Waals surface area contributed by atoms with Gasteiger partial charge in [-0.15, -0.1) is 10.2 Å². The van der Waals surface area contributed by atoms with Crippen LogP contribution in [0.5, 0.6) is 0 Å². The summed E-state index contributed by atoms with van der Waals surface area (Å²) in [6.45, 7) is 4.75. The normalized spacial score (nSPS) is 12.7. The molecule has 0 aliphatic heterocycles. The van der Waals surface area contributed by atoms with Crippen LogP contribution in [0.3, 0.4) is 0 Å². The first kappa shape index (κ1) is 13.0. The molecule has 0 spiro atoms. The third-order valence-corrected chi connectivity index (χ3v) is 3.48. The number of carboxylic acid groups (broad SMARTS) is 1. The summed E-state index contributed by atoms with van der Waals surface area (Å²) in [5.74, 6) is -0.0688. The quantitative estimate of drug-likeness (QED) is 0.708. The molecule has 7 heteroatoms. The molecule has 0 amide bonds. The number of hydrogen-bond acceptors (Lipinski definition) is 5. The van der Waals surface area contributed by atoms with E-state index < -0.39 is 11.2 Å². The van der Waals surface area contributed by atoms with Gasteiger partial charge in [0, 0.05) is 13.1 Å². The van der Waals surface area contributed by atoms with Crippen LogP contribution in [-0.4, -0.2) is 37.6 Å². The summed E-state index contributed by atoms with van der Waals surface area (Å²) in [4.78, 5) is 10.9. The van der Waals surface area contributed by atoms with Crippen molar-refractivity contribution < 1.29 is 9.90 Å². The molecule has 1 heterocycles. The van der Waals surface area contributed by atoms with Crippen molar-refractivity contribution in [1.82, 2.24) is 14.8 Å². The molecule has 6 nitrogen and oxygen atoms in total. The summed E-state index contributed by atoms with van der Waals surface area (Å²) in [6.07, 6.45) is 0.550. The highest BCUT2D eigenvalue weighted by Gasteiger charge is 2.20. The number of rotatable bonds is 6. The van der Waals surface area contributed by atoms with E-state index in [1.165, 1.54) is 11.8 Å². The van der Waals surface area contributed by atoms with E-state index in [1.54, 1.807) is 0 Å². The number of carbonyl (C=O) groups is 1. The highest BCUT2D eigenvalue weighted by molar-refractivity contribution is 8.00. The van der Waals surface area contributed by atoms with Crippen molar-refractivity contribution in [3.63, 3.8) is 0 Å². The first-order valence-electron chi connectivity index (χ1n) is 5.09. The number of carboxylic acids is 1. The van der Waals surface area contributed by atoms with E-state index in [4.69, 9.17) is 10.8 Å². The lowest BCUT2D eigenvalue weighted by Crippen LogP contribution is -2.17. The van der Waals surface area contributed by atoms with Crippen LogP contribution < -0.4 is 5.73 Å². The molecule has 0 fully saturated rings. The predicted molar refractivity (Wildman–Crippen MR) is 61.4 cm³/mol. The van der Waals surface area contributed by atoms with Crippen molar-refractivity contribution in [1.29, 1.82) is 0 Å². The zero-order chi connectivity index (χ0) is 12.1. The maximum absolute atomic E-state index is 10.9. The van der Waals surface area contributed by atoms with Crippen LogP contribution in [0.25, 0.3) is 0 Å². The average Bonchev–Trinajstić information content (AvgIpc) is 2.57. The number of hydrogen-bond donors (Lipinski definition) is 2. The van der Waals surface area contributed by atoms with Gasteiger partial charge in [-0.3, -0.25) is 4.79 Å². The van der Waals surface area contributed by atoms with Crippen LogP contribution in [0.1, 0.15) is 19.2 Å². The standard InChI is InChI=1S/C9H16N4O2S/c1-3-7(8(14)15)16-9-12-11-6(2)13(9)5-4-10/h7H,3-5,10H2,1-2H3,(H,14,15). The number of aliphatic carboxylic acids is 1. The molecule has 0 radical (unpaired) electrons. The molecular weight excluding hydrogens is 228 g/mol. The van der Waals surface area contributed by atoms with Gasteiger partial charge < -0.3 is 15.4 Å². The average molecular weight is 244 g/mol. The Morgan fingerprint density at radius 3 is 2.81 bits per heavy atom. The molecule has 1 aromatic heterocycles. The maximum atomic E-state index is 10.9. The van der Waals surface area contributed by atoms with Gasteiger partial charge in [-0.25, -0.2) is 0 Å². The van der Waals surface area contributed by atoms with E-state index in [1.807, 2.05) is 18.4 Å². The second kappa shape index (κ2) is 5.86. The molecule has 1 rings (SSSR count). The maximum Gasteiger partial charge on any atom is 0.317 e. The summed E-state index contributed by atoms with van der Waals surface area (Å²) in [5, 5.41) is 17.0. The number of aryl methyl sites for hydroxylation is 1. The summed E-state index contributed by atoms with van der Waals surface area (Å²) in [5.41, 5.74) is 5.48. The third kappa shape index (κ3) is 2.96. The molecule has 1 aromatic rings. The summed E-state index contributed by atoms with van der Waals surface area (Å²) in [7, 11) is 0. The van der Waals surface area contributed by atoms with Gasteiger partial charge >= 0.3 is 5.97 Å². The van der Waals surface area contributed by atoms with Crippen LogP contribution in [0.4, 0.5) is 0 Å². The van der Waals surface area contributed by atoms with Crippen molar-refractivity contribution >= 4 is 17.7 Å². The van der Waals surface area contributed by atoms with E-state index in [9.17, 15) is 4.79 Å². The fraction of sp³-hybridized carbons (Fsp3) is 0.667. The Bertz CT molecular complexity index is 366. The van der Waals surface area contributed by atoms with E-state index in [2.05, 4.69) is 10.2 Å². The SMILES string of the molecule is CCC(Sc1nnc(C)n1CCN)C(=O)O. The van der Waals surface area contributed by atoms with Crippen LogP contribution >= 0.6 is 11.8 Å². The Morgan fingerprint density at radius 1 is 1.62 bits per heavy atom. The topological polar surface area (TPSA) is 94.0 Å². The first-order chi connectivity index (χ1) is 7.60. The van der Waals surface area contributed by atoms with Crippen molar-refractivity contribution in [2.75, 3.05) is 6.54 Å². The Kier molecular flexibility index (Phi) is 4.75. The molecule has 1 atom stereocenters. The lowest BCUT2D eigenvalue weighted by Gasteiger charge is -2.10. The summed E-state index contributed by atoms with van der Waals surface area (Å²) >= 11 is 1.22. The lowest BCUT2D eigenvalue weighted by molar-refractivity contribution is -0.136. The van der Waals surface area contributed by atoms with Gasteiger partial charge in [0.1, 0.15) is 11.1 Å². The summed E-state index contributed by atoms with van der Waals surface area (Å²) in [6, 6.07) is 0. The van der Waals surface area contributed by atoms with E-state index in [0.717, 1.165) is 5.82 Å². The zero-order valence-electron chi connectivity index (χ0n) is 9.38. The minimum atomic E-state index is -0.826. The molecule has 0 aliphatic rings. The lowest BCUT2D eigenvalue weighted by atomic mass is 10.3. The molecule has 1 unspecified atom stereocenters.